The third-order valence-electron chi connectivity index (χ3n) is 1.87. The van der Waals surface area contributed by atoms with Gasteiger partial charge < -0.3 is 0 Å². The summed E-state index contributed by atoms with van der Waals surface area (Å²) in [4.78, 5) is 11.5. The summed E-state index contributed by atoms with van der Waals surface area (Å²) in [6.45, 7) is 0. The van der Waals surface area contributed by atoms with Gasteiger partial charge in [0, 0.05) is 12.0 Å². The zero-order valence-corrected chi connectivity index (χ0v) is 9.82. The van der Waals surface area contributed by atoms with Crippen molar-refractivity contribution in [2.75, 3.05) is 4.43 Å². The van der Waals surface area contributed by atoms with Crippen molar-refractivity contribution in [3.63, 3.8) is 0 Å². The summed E-state index contributed by atoms with van der Waals surface area (Å²) in [6, 6.07) is 8.81. The summed E-state index contributed by atoms with van der Waals surface area (Å²) in [7, 11) is 0. The third-order valence-corrected chi connectivity index (χ3v) is 2.64. The molecular weight excluding hydrogens is 289 g/mol. The fraction of sp³-hybridized carbons (Fsp3) is 0.273. The number of alkyl halides is 1. The van der Waals surface area contributed by atoms with Gasteiger partial charge in [0.2, 0.25) is 0 Å². The molecule has 3 heteroatoms. The molecule has 0 saturated carbocycles. The van der Waals surface area contributed by atoms with Crippen LogP contribution in [0.3, 0.4) is 0 Å². The van der Waals surface area contributed by atoms with Crippen LogP contribution >= 0.6 is 22.6 Å². The zero-order valence-electron chi connectivity index (χ0n) is 7.66. The van der Waals surface area contributed by atoms with Crippen molar-refractivity contribution in [3.05, 3.63) is 35.4 Å². The quantitative estimate of drug-likeness (QED) is 0.487. The Kier molecular flexibility index (Phi) is 4.60. The third kappa shape index (κ3) is 3.11. The average molecular weight is 299 g/mol. The largest absolute Gasteiger partial charge is 0.294 e. The molecule has 0 N–H and O–H groups in total. The van der Waals surface area contributed by atoms with E-state index in [-0.39, 0.29) is 5.78 Å². The Morgan fingerprint density at radius 1 is 1.36 bits per heavy atom. The second-order valence-corrected chi connectivity index (χ2v) is 3.98. The molecule has 0 bridgehead atoms. The lowest BCUT2D eigenvalue weighted by molar-refractivity contribution is 0.0982. The van der Waals surface area contributed by atoms with Gasteiger partial charge in [-0.25, -0.2) is 0 Å². The molecule has 0 radical (unpaired) electrons. The molecule has 0 aliphatic carbocycles. The number of benzene rings is 1. The van der Waals surface area contributed by atoms with Crippen LogP contribution in [0.2, 0.25) is 0 Å². The van der Waals surface area contributed by atoms with Gasteiger partial charge in [-0.2, -0.15) is 5.26 Å². The molecule has 0 fully saturated rings. The number of nitriles is 1. The summed E-state index contributed by atoms with van der Waals surface area (Å²) in [5.41, 5.74) is 1.30. The Morgan fingerprint density at radius 3 is 2.50 bits per heavy atom. The van der Waals surface area contributed by atoms with Crippen molar-refractivity contribution in [2.24, 2.45) is 0 Å². The Balaban J connectivity index is 2.68. The molecule has 1 rings (SSSR count). The molecule has 0 aliphatic heterocycles. The highest BCUT2D eigenvalue weighted by Crippen LogP contribution is 2.08. The molecule has 0 amide bonds. The number of hydrogen-bond donors (Lipinski definition) is 0. The molecule has 0 aromatic heterocycles. The number of ketones is 1. The second kappa shape index (κ2) is 5.76. The predicted molar refractivity (Wildman–Crippen MR) is 63.6 cm³/mol. The van der Waals surface area contributed by atoms with Gasteiger partial charge in [-0.3, -0.25) is 4.79 Å². The van der Waals surface area contributed by atoms with Crippen LogP contribution in [0.1, 0.15) is 28.8 Å². The predicted octanol–water partition coefficient (Wildman–Crippen LogP) is 2.96. The Bertz CT molecular complexity index is 351. The monoisotopic (exact) mass is 299 g/mol. The van der Waals surface area contributed by atoms with E-state index in [1.54, 1.807) is 24.3 Å². The van der Waals surface area contributed by atoms with Gasteiger partial charge in [0.25, 0.3) is 0 Å². The Hall–Kier alpha value is -0.890. The first-order valence-electron chi connectivity index (χ1n) is 4.37. The van der Waals surface area contributed by atoms with E-state index in [9.17, 15) is 4.79 Å². The summed E-state index contributed by atoms with van der Waals surface area (Å²) in [5, 5.41) is 8.57. The van der Waals surface area contributed by atoms with Crippen LogP contribution in [0.5, 0.6) is 0 Å². The molecule has 0 unspecified atom stereocenters. The van der Waals surface area contributed by atoms with Gasteiger partial charge in [0.1, 0.15) is 0 Å². The van der Waals surface area contributed by atoms with Crippen LogP contribution < -0.4 is 0 Å². The molecule has 0 spiro atoms. The number of hydrogen-bond acceptors (Lipinski definition) is 2. The molecule has 1 aromatic carbocycles. The SMILES string of the molecule is N#Cc1ccc(C(=O)CCCI)cc1. The number of carbonyl (C=O) groups is 1. The van der Waals surface area contributed by atoms with Gasteiger partial charge in [-0.1, -0.05) is 34.7 Å². The van der Waals surface area contributed by atoms with E-state index >= 15 is 0 Å². The number of carbonyl (C=O) groups excluding carboxylic acids is 1. The van der Waals surface area contributed by atoms with Gasteiger partial charge in [0.15, 0.2) is 5.78 Å². The van der Waals surface area contributed by atoms with Crippen LogP contribution in [0.15, 0.2) is 24.3 Å². The molecule has 0 saturated heterocycles. The summed E-state index contributed by atoms with van der Waals surface area (Å²) in [5.74, 6) is 0.158. The zero-order chi connectivity index (χ0) is 10.4. The second-order valence-electron chi connectivity index (χ2n) is 2.90. The fourth-order valence-corrected chi connectivity index (χ4v) is 1.48. The molecule has 1 aromatic rings. The van der Waals surface area contributed by atoms with Crippen molar-refractivity contribution in [3.8, 4) is 6.07 Å². The van der Waals surface area contributed by atoms with Crippen molar-refractivity contribution in [1.82, 2.24) is 0 Å². The molecule has 2 nitrogen and oxygen atoms in total. The average Bonchev–Trinajstić information content (AvgIpc) is 2.26. The lowest BCUT2D eigenvalue weighted by Gasteiger charge is -1.98. The van der Waals surface area contributed by atoms with Crippen LogP contribution in [-0.4, -0.2) is 10.2 Å². The number of nitrogens with zero attached hydrogens (tertiary/aromatic N) is 1. The summed E-state index contributed by atoms with van der Waals surface area (Å²) < 4.78 is 1.000. The van der Waals surface area contributed by atoms with Crippen molar-refractivity contribution >= 4 is 28.4 Å². The first-order chi connectivity index (χ1) is 6.77. The molecule has 0 atom stereocenters. The minimum absolute atomic E-state index is 0.158. The molecule has 0 heterocycles. The van der Waals surface area contributed by atoms with E-state index < -0.39 is 0 Å². The highest BCUT2D eigenvalue weighted by molar-refractivity contribution is 14.1. The van der Waals surface area contributed by atoms with Gasteiger partial charge in [-0.15, -0.1) is 0 Å². The Labute approximate surface area is 97.1 Å². The van der Waals surface area contributed by atoms with Gasteiger partial charge in [0.05, 0.1) is 11.6 Å². The maximum absolute atomic E-state index is 11.5. The standard InChI is InChI=1S/C11H10INO/c12-7-1-2-11(14)10-5-3-9(8-13)4-6-10/h3-6H,1-2,7H2. The van der Waals surface area contributed by atoms with Gasteiger partial charge in [-0.05, 0) is 23.0 Å². The highest BCUT2D eigenvalue weighted by Gasteiger charge is 2.04. The lowest BCUT2D eigenvalue weighted by atomic mass is 10.1. The van der Waals surface area contributed by atoms with E-state index in [1.165, 1.54) is 0 Å². The van der Waals surface area contributed by atoms with Crippen molar-refractivity contribution < 1.29 is 4.79 Å². The van der Waals surface area contributed by atoms with Crippen LogP contribution in [0.4, 0.5) is 0 Å². The van der Waals surface area contributed by atoms with E-state index in [4.69, 9.17) is 5.26 Å². The van der Waals surface area contributed by atoms with E-state index in [0.717, 1.165) is 10.8 Å². The Morgan fingerprint density at radius 2 is 2.00 bits per heavy atom. The van der Waals surface area contributed by atoms with Crippen LogP contribution in [0.25, 0.3) is 0 Å². The van der Waals surface area contributed by atoms with Crippen molar-refractivity contribution in [1.29, 1.82) is 5.26 Å². The molecule has 0 aliphatic rings. The number of rotatable bonds is 4. The number of Topliss-reactive ketones (excluding diaryl/α,β-unsaturated/α-hetero) is 1. The summed E-state index contributed by atoms with van der Waals surface area (Å²) in [6.07, 6.45) is 1.51. The smallest absolute Gasteiger partial charge is 0.162 e. The topological polar surface area (TPSA) is 40.9 Å². The van der Waals surface area contributed by atoms with Crippen LogP contribution in [-0.2, 0) is 0 Å². The summed E-state index contributed by atoms with van der Waals surface area (Å²) >= 11 is 2.26. The highest BCUT2D eigenvalue weighted by atomic mass is 127. The minimum atomic E-state index is 0.158. The van der Waals surface area contributed by atoms with Gasteiger partial charge >= 0.3 is 0 Å². The van der Waals surface area contributed by atoms with E-state index in [2.05, 4.69) is 22.6 Å². The molecule has 72 valence electrons. The molecule has 14 heavy (non-hydrogen) atoms. The normalized spacial score (nSPS) is 9.43. The molecular formula is C11H10INO. The minimum Gasteiger partial charge on any atom is -0.294 e. The lowest BCUT2D eigenvalue weighted by Crippen LogP contribution is -1.98. The first-order valence-corrected chi connectivity index (χ1v) is 5.90. The van der Waals surface area contributed by atoms with Crippen LogP contribution in [0, 0.1) is 11.3 Å². The maximum atomic E-state index is 11.5. The number of halogens is 1. The maximum Gasteiger partial charge on any atom is 0.162 e. The first kappa shape index (κ1) is 11.2. The van der Waals surface area contributed by atoms with E-state index in [0.29, 0.717) is 17.5 Å². The van der Waals surface area contributed by atoms with Crippen molar-refractivity contribution in [2.45, 2.75) is 12.8 Å². The van der Waals surface area contributed by atoms with E-state index in [1.807, 2.05) is 6.07 Å². The fourth-order valence-electron chi connectivity index (χ4n) is 1.10.